The van der Waals surface area contributed by atoms with Crippen molar-refractivity contribution in [2.24, 2.45) is 10.9 Å². The number of piperazine rings is 1. The summed E-state index contributed by atoms with van der Waals surface area (Å²) in [4.78, 5) is 24.1. The molecular weight excluding hydrogens is 441 g/mol. The Morgan fingerprint density at radius 3 is 2.42 bits per heavy atom. The van der Waals surface area contributed by atoms with Crippen LogP contribution < -0.4 is 5.32 Å². The van der Waals surface area contributed by atoms with E-state index in [1.807, 2.05) is 4.90 Å². The molecule has 0 bridgehead atoms. The standard InChI is InChI=1S/C19H37N5O.HI/c1-7-20-18(21-12-16-8-10-22(6)11-9-16)23-13-17(25)24(15(2)3)19(4,5)14-23;/h15-16H,7-14H2,1-6H3,(H,20,21);1H. The van der Waals surface area contributed by atoms with Crippen LogP contribution in [0.5, 0.6) is 0 Å². The minimum Gasteiger partial charge on any atom is -0.357 e. The maximum Gasteiger partial charge on any atom is 0.242 e. The summed E-state index contributed by atoms with van der Waals surface area (Å²) in [6.45, 7) is 15.8. The summed E-state index contributed by atoms with van der Waals surface area (Å²) in [7, 11) is 2.19. The normalized spacial score (nSPS) is 22.6. The summed E-state index contributed by atoms with van der Waals surface area (Å²) in [5, 5.41) is 3.40. The largest absolute Gasteiger partial charge is 0.357 e. The van der Waals surface area contributed by atoms with E-state index < -0.39 is 0 Å². The lowest BCUT2D eigenvalue weighted by molar-refractivity contribution is -0.145. The third-order valence-corrected chi connectivity index (χ3v) is 5.31. The Morgan fingerprint density at radius 1 is 1.31 bits per heavy atom. The lowest BCUT2D eigenvalue weighted by Crippen LogP contribution is -2.66. The number of aliphatic imine (C=N–C) groups is 1. The molecule has 2 heterocycles. The number of rotatable bonds is 4. The highest BCUT2D eigenvalue weighted by molar-refractivity contribution is 14.0. The van der Waals surface area contributed by atoms with Gasteiger partial charge in [-0.1, -0.05) is 0 Å². The number of carbonyl (C=O) groups excluding carboxylic acids is 1. The van der Waals surface area contributed by atoms with Crippen LogP contribution in [0.25, 0.3) is 0 Å². The van der Waals surface area contributed by atoms with Gasteiger partial charge in [-0.3, -0.25) is 9.79 Å². The van der Waals surface area contributed by atoms with E-state index in [-0.39, 0.29) is 41.5 Å². The first-order valence-corrected chi connectivity index (χ1v) is 9.78. The molecule has 0 atom stereocenters. The second-order valence-corrected chi connectivity index (χ2v) is 8.47. The van der Waals surface area contributed by atoms with Gasteiger partial charge in [0.25, 0.3) is 0 Å². The molecule has 0 spiro atoms. The van der Waals surface area contributed by atoms with E-state index in [1.165, 1.54) is 12.8 Å². The minimum absolute atomic E-state index is 0. The summed E-state index contributed by atoms with van der Waals surface area (Å²) in [5.41, 5.74) is -0.187. The zero-order valence-corrected chi connectivity index (χ0v) is 19.7. The van der Waals surface area contributed by atoms with Crippen molar-refractivity contribution in [2.45, 2.75) is 59.0 Å². The van der Waals surface area contributed by atoms with E-state index >= 15 is 0 Å². The Labute approximate surface area is 176 Å². The number of hydrogen-bond acceptors (Lipinski definition) is 3. The average molecular weight is 479 g/mol. The molecule has 0 aliphatic carbocycles. The molecule has 1 N–H and O–H groups in total. The molecular formula is C19H38IN5O. The van der Waals surface area contributed by atoms with E-state index in [0.717, 1.165) is 38.7 Å². The summed E-state index contributed by atoms with van der Waals surface area (Å²) in [6.07, 6.45) is 2.43. The van der Waals surface area contributed by atoms with E-state index in [4.69, 9.17) is 4.99 Å². The number of nitrogens with one attached hydrogen (secondary N) is 1. The molecule has 2 fully saturated rings. The second-order valence-electron chi connectivity index (χ2n) is 8.47. The Bertz CT molecular complexity index is 486. The molecule has 0 aromatic heterocycles. The summed E-state index contributed by atoms with van der Waals surface area (Å²) in [5.74, 6) is 1.74. The molecule has 2 aliphatic heterocycles. The fourth-order valence-corrected chi connectivity index (χ4v) is 4.20. The molecule has 7 heteroatoms. The van der Waals surface area contributed by atoms with Crippen molar-refractivity contribution in [1.82, 2.24) is 20.0 Å². The predicted molar refractivity (Wildman–Crippen MR) is 119 cm³/mol. The van der Waals surface area contributed by atoms with Crippen molar-refractivity contribution in [2.75, 3.05) is 46.3 Å². The lowest BCUT2D eigenvalue weighted by atomic mass is 9.96. The maximum atomic E-state index is 12.7. The third-order valence-electron chi connectivity index (χ3n) is 5.31. The Balaban J connectivity index is 0.00000338. The molecule has 1 amide bonds. The molecule has 2 aliphatic rings. The third kappa shape index (κ3) is 5.97. The fraction of sp³-hybridized carbons (Fsp3) is 0.895. The van der Waals surface area contributed by atoms with Crippen molar-refractivity contribution >= 4 is 35.8 Å². The van der Waals surface area contributed by atoms with Crippen LogP contribution in [0.4, 0.5) is 0 Å². The molecule has 0 unspecified atom stereocenters. The molecule has 0 aromatic rings. The molecule has 152 valence electrons. The van der Waals surface area contributed by atoms with Gasteiger partial charge in [0, 0.05) is 25.7 Å². The highest BCUT2D eigenvalue weighted by Gasteiger charge is 2.40. The highest BCUT2D eigenvalue weighted by Crippen LogP contribution is 2.24. The van der Waals surface area contributed by atoms with Crippen molar-refractivity contribution in [3.63, 3.8) is 0 Å². The van der Waals surface area contributed by atoms with Gasteiger partial charge in [-0.2, -0.15) is 0 Å². The van der Waals surface area contributed by atoms with Crippen LogP contribution in [-0.2, 0) is 4.79 Å². The number of hydrogen-bond donors (Lipinski definition) is 1. The van der Waals surface area contributed by atoms with E-state index in [0.29, 0.717) is 12.5 Å². The van der Waals surface area contributed by atoms with Crippen LogP contribution in [-0.4, -0.2) is 84.5 Å². The monoisotopic (exact) mass is 479 g/mol. The van der Waals surface area contributed by atoms with Crippen molar-refractivity contribution in [1.29, 1.82) is 0 Å². The minimum atomic E-state index is -0.187. The van der Waals surface area contributed by atoms with Crippen LogP contribution in [0.15, 0.2) is 4.99 Å². The van der Waals surface area contributed by atoms with Crippen molar-refractivity contribution in [3.8, 4) is 0 Å². The number of likely N-dealkylation sites (tertiary alicyclic amines) is 1. The van der Waals surface area contributed by atoms with Crippen molar-refractivity contribution in [3.05, 3.63) is 0 Å². The molecule has 0 aromatic carbocycles. The smallest absolute Gasteiger partial charge is 0.242 e. The van der Waals surface area contributed by atoms with Gasteiger partial charge < -0.3 is 20.0 Å². The van der Waals surface area contributed by atoms with Gasteiger partial charge in [0.15, 0.2) is 5.96 Å². The molecule has 2 saturated heterocycles. The summed E-state index contributed by atoms with van der Waals surface area (Å²) in [6, 6.07) is 0.225. The van der Waals surface area contributed by atoms with Crippen LogP contribution >= 0.6 is 24.0 Å². The SMILES string of the molecule is CCNC(=NCC1CCN(C)CC1)N1CC(=O)N(C(C)C)C(C)(C)C1.I. The molecule has 6 nitrogen and oxygen atoms in total. The van der Waals surface area contributed by atoms with Gasteiger partial charge in [-0.05, 0) is 73.5 Å². The fourth-order valence-electron chi connectivity index (χ4n) is 4.20. The van der Waals surface area contributed by atoms with Gasteiger partial charge in [0.05, 0.1) is 12.1 Å². The molecule has 26 heavy (non-hydrogen) atoms. The number of nitrogens with zero attached hydrogens (tertiary/aromatic N) is 4. The van der Waals surface area contributed by atoms with Crippen LogP contribution in [0, 0.1) is 5.92 Å². The highest BCUT2D eigenvalue weighted by atomic mass is 127. The van der Waals surface area contributed by atoms with Gasteiger partial charge in [-0.25, -0.2) is 0 Å². The average Bonchev–Trinajstić information content (AvgIpc) is 2.50. The first kappa shape index (κ1) is 23.5. The molecule has 2 rings (SSSR count). The number of piperidine rings is 1. The Hall–Kier alpha value is -0.570. The summed E-state index contributed by atoms with van der Waals surface area (Å²) < 4.78 is 0. The van der Waals surface area contributed by atoms with Crippen molar-refractivity contribution < 1.29 is 4.79 Å². The Kier molecular flexibility index (Phi) is 9.12. The predicted octanol–water partition coefficient (Wildman–Crippen LogP) is 2.24. The zero-order chi connectivity index (χ0) is 18.6. The van der Waals surface area contributed by atoms with Crippen LogP contribution in [0.3, 0.4) is 0 Å². The topological polar surface area (TPSA) is 51.2 Å². The van der Waals surface area contributed by atoms with Gasteiger partial charge in [0.2, 0.25) is 5.91 Å². The number of guanidine groups is 1. The van der Waals surface area contributed by atoms with Gasteiger partial charge in [0.1, 0.15) is 0 Å². The first-order chi connectivity index (χ1) is 11.7. The number of carbonyl (C=O) groups is 1. The van der Waals surface area contributed by atoms with E-state index in [2.05, 4.69) is 56.8 Å². The summed E-state index contributed by atoms with van der Waals surface area (Å²) >= 11 is 0. The first-order valence-electron chi connectivity index (χ1n) is 9.78. The number of amides is 1. The maximum absolute atomic E-state index is 12.7. The van der Waals surface area contributed by atoms with E-state index in [9.17, 15) is 4.79 Å². The lowest BCUT2D eigenvalue weighted by Gasteiger charge is -2.49. The van der Waals surface area contributed by atoms with Gasteiger partial charge >= 0.3 is 0 Å². The van der Waals surface area contributed by atoms with Gasteiger partial charge in [-0.15, -0.1) is 24.0 Å². The van der Waals surface area contributed by atoms with Crippen LogP contribution in [0.2, 0.25) is 0 Å². The second kappa shape index (κ2) is 10.1. The zero-order valence-electron chi connectivity index (χ0n) is 17.4. The molecule has 0 saturated carbocycles. The van der Waals surface area contributed by atoms with Crippen LogP contribution in [0.1, 0.15) is 47.5 Å². The number of halogens is 1. The Morgan fingerprint density at radius 2 is 1.92 bits per heavy atom. The van der Waals surface area contributed by atoms with E-state index in [1.54, 1.807) is 0 Å². The molecule has 0 radical (unpaired) electrons. The quantitative estimate of drug-likeness (QED) is 0.382.